The van der Waals surface area contributed by atoms with Gasteiger partial charge in [0.1, 0.15) is 0 Å². The molecule has 52 valence electrons. The lowest BCUT2D eigenvalue weighted by Gasteiger charge is -2.22. The molecule has 0 saturated carbocycles. The average Bonchev–Trinajstić information content (AvgIpc) is 1.80. The minimum absolute atomic E-state index is 0.0981. The quantitative estimate of drug-likeness (QED) is 0.408. The van der Waals surface area contributed by atoms with Crippen molar-refractivity contribution in [1.29, 1.82) is 0 Å². The number of thiol groups is 1. The zero-order chi connectivity index (χ0) is 6.85. The minimum Gasteiger partial charge on any atom is -0.462 e. The first kappa shape index (κ1) is 6.93. The first-order chi connectivity index (χ1) is 4.20. The second kappa shape index (κ2) is 2.60. The standard InChI is InChI=1S/C6H10O2S/c1-4-2-3-5(9)6(7)8-4/h4-5,9H,2-3H2,1H3. The molecule has 0 amide bonds. The molecule has 0 aromatic rings. The highest BCUT2D eigenvalue weighted by atomic mass is 32.1. The largest absolute Gasteiger partial charge is 0.462 e. The zero-order valence-corrected chi connectivity index (χ0v) is 6.23. The molecule has 2 nitrogen and oxygen atoms in total. The van der Waals surface area contributed by atoms with Gasteiger partial charge in [-0.2, -0.15) is 12.6 Å². The Balaban J connectivity index is 2.44. The van der Waals surface area contributed by atoms with Gasteiger partial charge in [-0.15, -0.1) is 0 Å². The van der Waals surface area contributed by atoms with Crippen molar-refractivity contribution in [2.75, 3.05) is 0 Å². The number of hydrogen-bond acceptors (Lipinski definition) is 3. The Kier molecular flexibility index (Phi) is 2.01. The summed E-state index contributed by atoms with van der Waals surface area (Å²) in [5, 5.41) is -0.179. The molecule has 1 fully saturated rings. The first-order valence-electron chi connectivity index (χ1n) is 3.08. The third-order valence-electron chi connectivity index (χ3n) is 1.44. The summed E-state index contributed by atoms with van der Waals surface area (Å²) in [6.45, 7) is 1.90. The van der Waals surface area contributed by atoms with Crippen LogP contribution in [-0.2, 0) is 9.53 Å². The summed E-state index contributed by atoms with van der Waals surface area (Å²) in [7, 11) is 0. The Morgan fingerprint density at radius 1 is 1.67 bits per heavy atom. The lowest BCUT2D eigenvalue weighted by Crippen LogP contribution is -2.29. The molecule has 0 aromatic carbocycles. The summed E-state index contributed by atoms with van der Waals surface area (Å²) in [5.41, 5.74) is 0. The Morgan fingerprint density at radius 2 is 2.33 bits per heavy atom. The third-order valence-corrected chi connectivity index (χ3v) is 1.91. The molecule has 3 heteroatoms. The number of rotatable bonds is 0. The lowest BCUT2D eigenvalue weighted by atomic mass is 10.1. The normalized spacial score (nSPS) is 36.0. The maximum absolute atomic E-state index is 10.7. The highest BCUT2D eigenvalue weighted by molar-refractivity contribution is 7.81. The van der Waals surface area contributed by atoms with Gasteiger partial charge in [-0.25, -0.2) is 0 Å². The molecule has 0 spiro atoms. The van der Waals surface area contributed by atoms with E-state index in [2.05, 4.69) is 12.6 Å². The van der Waals surface area contributed by atoms with E-state index in [0.717, 1.165) is 12.8 Å². The molecule has 1 heterocycles. The van der Waals surface area contributed by atoms with Crippen LogP contribution in [0.2, 0.25) is 0 Å². The van der Waals surface area contributed by atoms with E-state index in [0.29, 0.717) is 0 Å². The predicted molar refractivity (Wildman–Crippen MR) is 37.6 cm³/mol. The van der Waals surface area contributed by atoms with E-state index in [1.807, 2.05) is 6.92 Å². The van der Waals surface area contributed by atoms with Crippen molar-refractivity contribution in [2.24, 2.45) is 0 Å². The van der Waals surface area contributed by atoms with Crippen LogP contribution in [0.5, 0.6) is 0 Å². The highest BCUT2D eigenvalue weighted by Crippen LogP contribution is 2.17. The molecule has 1 aliphatic heterocycles. The van der Waals surface area contributed by atoms with E-state index in [4.69, 9.17) is 4.74 Å². The number of carbonyl (C=O) groups excluding carboxylic acids is 1. The van der Waals surface area contributed by atoms with Gasteiger partial charge in [-0.3, -0.25) is 4.79 Å². The van der Waals surface area contributed by atoms with Gasteiger partial charge in [-0.1, -0.05) is 0 Å². The van der Waals surface area contributed by atoms with Gasteiger partial charge in [-0.05, 0) is 19.8 Å². The Bertz CT molecular complexity index is 124. The van der Waals surface area contributed by atoms with Crippen molar-refractivity contribution >= 4 is 18.6 Å². The molecule has 0 aliphatic carbocycles. The summed E-state index contributed by atoms with van der Waals surface area (Å²) in [5.74, 6) is -0.169. The van der Waals surface area contributed by atoms with E-state index in [1.54, 1.807) is 0 Å². The highest BCUT2D eigenvalue weighted by Gasteiger charge is 2.24. The molecular formula is C6H10O2S. The topological polar surface area (TPSA) is 26.3 Å². The number of esters is 1. The second-order valence-corrected chi connectivity index (χ2v) is 2.96. The van der Waals surface area contributed by atoms with Crippen molar-refractivity contribution in [3.8, 4) is 0 Å². The van der Waals surface area contributed by atoms with Crippen molar-refractivity contribution in [1.82, 2.24) is 0 Å². The number of hydrogen-bond donors (Lipinski definition) is 1. The van der Waals surface area contributed by atoms with Gasteiger partial charge in [0.25, 0.3) is 0 Å². The van der Waals surface area contributed by atoms with Crippen LogP contribution in [0.3, 0.4) is 0 Å². The van der Waals surface area contributed by atoms with Crippen LogP contribution in [0.4, 0.5) is 0 Å². The predicted octanol–water partition coefficient (Wildman–Crippen LogP) is 1.01. The maximum atomic E-state index is 10.7. The molecular weight excluding hydrogens is 136 g/mol. The molecule has 9 heavy (non-hydrogen) atoms. The Morgan fingerprint density at radius 3 is 2.78 bits per heavy atom. The van der Waals surface area contributed by atoms with Gasteiger partial charge in [0.15, 0.2) is 0 Å². The van der Waals surface area contributed by atoms with E-state index in [9.17, 15) is 4.79 Å². The van der Waals surface area contributed by atoms with Crippen LogP contribution in [-0.4, -0.2) is 17.3 Å². The molecule has 0 N–H and O–H groups in total. The summed E-state index contributed by atoms with van der Waals surface area (Å²) < 4.78 is 4.88. The van der Waals surface area contributed by atoms with Gasteiger partial charge in [0, 0.05) is 0 Å². The van der Waals surface area contributed by atoms with Crippen molar-refractivity contribution in [2.45, 2.75) is 31.1 Å². The first-order valence-corrected chi connectivity index (χ1v) is 3.60. The van der Waals surface area contributed by atoms with Crippen molar-refractivity contribution in [3.05, 3.63) is 0 Å². The minimum atomic E-state index is -0.179. The van der Waals surface area contributed by atoms with Gasteiger partial charge < -0.3 is 4.74 Å². The molecule has 1 saturated heterocycles. The molecule has 1 rings (SSSR count). The SMILES string of the molecule is CC1CCC(S)C(=O)O1. The fourth-order valence-electron chi connectivity index (χ4n) is 0.846. The van der Waals surface area contributed by atoms with Gasteiger partial charge in [0.05, 0.1) is 11.4 Å². The van der Waals surface area contributed by atoms with Crippen LogP contribution in [0.15, 0.2) is 0 Å². The molecule has 1 aliphatic rings. The molecule has 2 unspecified atom stereocenters. The Labute approximate surface area is 60.0 Å². The molecule has 0 aromatic heterocycles. The van der Waals surface area contributed by atoms with Crippen molar-refractivity contribution < 1.29 is 9.53 Å². The third kappa shape index (κ3) is 1.61. The zero-order valence-electron chi connectivity index (χ0n) is 5.33. The lowest BCUT2D eigenvalue weighted by molar-refractivity contribution is -0.151. The van der Waals surface area contributed by atoms with Crippen LogP contribution < -0.4 is 0 Å². The fourth-order valence-corrected chi connectivity index (χ4v) is 1.06. The van der Waals surface area contributed by atoms with E-state index in [-0.39, 0.29) is 17.3 Å². The Hall–Kier alpha value is -0.180. The molecule has 0 bridgehead atoms. The number of ether oxygens (including phenoxy) is 1. The molecule has 0 radical (unpaired) electrons. The molecule has 2 atom stereocenters. The monoisotopic (exact) mass is 146 g/mol. The summed E-state index contributed by atoms with van der Waals surface area (Å²) in [6, 6.07) is 0. The van der Waals surface area contributed by atoms with E-state index < -0.39 is 0 Å². The summed E-state index contributed by atoms with van der Waals surface area (Å²) >= 11 is 4.02. The van der Waals surface area contributed by atoms with Crippen LogP contribution in [0.1, 0.15) is 19.8 Å². The summed E-state index contributed by atoms with van der Waals surface area (Å²) in [4.78, 5) is 10.7. The smallest absolute Gasteiger partial charge is 0.319 e. The van der Waals surface area contributed by atoms with Gasteiger partial charge in [0.2, 0.25) is 0 Å². The number of cyclic esters (lactones) is 1. The summed E-state index contributed by atoms with van der Waals surface area (Å²) in [6.07, 6.45) is 1.89. The van der Waals surface area contributed by atoms with E-state index in [1.165, 1.54) is 0 Å². The second-order valence-electron chi connectivity index (χ2n) is 2.34. The van der Waals surface area contributed by atoms with E-state index >= 15 is 0 Å². The average molecular weight is 146 g/mol. The maximum Gasteiger partial charge on any atom is 0.319 e. The number of carbonyl (C=O) groups is 1. The van der Waals surface area contributed by atoms with Crippen LogP contribution in [0.25, 0.3) is 0 Å². The van der Waals surface area contributed by atoms with Crippen LogP contribution in [0, 0.1) is 0 Å². The van der Waals surface area contributed by atoms with Crippen LogP contribution >= 0.6 is 12.6 Å². The fraction of sp³-hybridized carbons (Fsp3) is 0.833. The van der Waals surface area contributed by atoms with Crippen molar-refractivity contribution in [3.63, 3.8) is 0 Å². The van der Waals surface area contributed by atoms with Gasteiger partial charge >= 0.3 is 5.97 Å².